The van der Waals surface area contributed by atoms with Crippen LogP contribution in [0.25, 0.3) is 33.7 Å². The van der Waals surface area contributed by atoms with E-state index in [9.17, 15) is 0 Å². The Labute approximate surface area is 131 Å². The number of fused-ring (bicyclic) bond motifs is 2. The Morgan fingerprint density at radius 2 is 1.96 bits per heavy atom. The van der Waals surface area contributed by atoms with E-state index in [-0.39, 0.29) is 0 Å². The SMILES string of the molecule is c1cc2cc(-c3nc(-c4ccc5c(c4)CCO5)no3)ccc2[nH]1. The maximum Gasteiger partial charge on any atom is 0.258 e. The highest BCUT2D eigenvalue weighted by atomic mass is 16.5. The average molecular weight is 303 g/mol. The molecule has 2 aromatic carbocycles. The van der Waals surface area contributed by atoms with Gasteiger partial charge in [0, 0.05) is 34.6 Å². The first kappa shape index (κ1) is 12.5. The monoisotopic (exact) mass is 303 g/mol. The van der Waals surface area contributed by atoms with Crippen LogP contribution in [0.15, 0.2) is 53.2 Å². The Bertz CT molecular complexity index is 1020. The average Bonchev–Trinajstić information content (AvgIpc) is 3.32. The van der Waals surface area contributed by atoms with Crippen molar-refractivity contribution >= 4 is 10.9 Å². The van der Waals surface area contributed by atoms with Crippen molar-refractivity contribution in [3.05, 3.63) is 54.2 Å². The van der Waals surface area contributed by atoms with Crippen molar-refractivity contribution in [1.82, 2.24) is 15.1 Å². The predicted octanol–water partition coefficient (Wildman–Crippen LogP) is 3.82. The quantitative estimate of drug-likeness (QED) is 0.611. The van der Waals surface area contributed by atoms with Gasteiger partial charge in [-0.1, -0.05) is 5.16 Å². The van der Waals surface area contributed by atoms with E-state index in [0.29, 0.717) is 11.7 Å². The highest BCUT2D eigenvalue weighted by Crippen LogP contribution is 2.30. The van der Waals surface area contributed by atoms with E-state index in [1.165, 1.54) is 5.56 Å². The van der Waals surface area contributed by atoms with Crippen LogP contribution >= 0.6 is 0 Å². The molecule has 1 aliphatic rings. The zero-order chi connectivity index (χ0) is 15.2. The van der Waals surface area contributed by atoms with E-state index in [2.05, 4.69) is 21.2 Å². The Balaban J connectivity index is 1.54. The molecule has 0 saturated carbocycles. The fourth-order valence-electron chi connectivity index (χ4n) is 2.97. The van der Waals surface area contributed by atoms with Gasteiger partial charge in [0.15, 0.2) is 0 Å². The number of hydrogen-bond donors (Lipinski definition) is 1. The molecule has 4 aromatic rings. The van der Waals surface area contributed by atoms with Gasteiger partial charge in [-0.15, -0.1) is 0 Å². The van der Waals surface area contributed by atoms with Gasteiger partial charge in [0.1, 0.15) is 5.75 Å². The number of H-pyrrole nitrogens is 1. The topological polar surface area (TPSA) is 63.9 Å². The first-order valence-electron chi connectivity index (χ1n) is 7.54. The number of nitrogens with zero attached hydrogens (tertiary/aromatic N) is 2. The largest absolute Gasteiger partial charge is 0.493 e. The Hall–Kier alpha value is -3.08. The van der Waals surface area contributed by atoms with Crippen LogP contribution in [-0.2, 0) is 6.42 Å². The second-order valence-corrected chi connectivity index (χ2v) is 5.62. The van der Waals surface area contributed by atoms with Crippen molar-refractivity contribution in [2.45, 2.75) is 6.42 Å². The van der Waals surface area contributed by atoms with Crippen molar-refractivity contribution in [2.24, 2.45) is 0 Å². The zero-order valence-corrected chi connectivity index (χ0v) is 12.2. The third kappa shape index (κ3) is 2.01. The van der Waals surface area contributed by atoms with Crippen molar-refractivity contribution in [2.75, 3.05) is 6.61 Å². The normalized spacial score (nSPS) is 13.2. The number of hydrogen-bond acceptors (Lipinski definition) is 4. The van der Waals surface area contributed by atoms with Crippen LogP contribution < -0.4 is 4.74 Å². The lowest BCUT2D eigenvalue weighted by molar-refractivity contribution is 0.357. The van der Waals surface area contributed by atoms with Crippen LogP contribution in [0, 0.1) is 0 Å². The Kier molecular flexibility index (Phi) is 2.55. The molecule has 2 aromatic heterocycles. The lowest BCUT2D eigenvalue weighted by atomic mass is 10.1. The molecular weight excluding hydrogens is 290 g/mol. The lowest BCUT2D eigenvalue weighted by Gasteiger charge is -1.99. The fourth-order valence-corrected chi connectivity index (χ4v) is 2.97. The first-order valence-corrected chi connectivity index (χ1v) is 7.54. The van der Waals surface area contributed by atoms with Gasteiger partial charge in [-0.2, -0.15) is 4.98 Å². The zero-order valence-electron chi connectivity index (χ0n) is 12.2. The summed E-state index contributed by atoms with van der Waals surface area (Å²) in [5, 5.41) is 5.24. The number of rotatable bonds is 2. The molecule has 0 amide bonds. The van der Waals surface area contributed by atoms with Crippen molar-refractivity contribution in [1.29, 1.82) is 0 Å². The maximum absolute atomic E-state index is 5.53. The first-order chi connectivity index (χ1) is 11.4. The third-order valence-corrected chi connectivity index (χ3v) is 4.17. The molecule has 5 nitrogen and oxygen atoms in total. The summed E-state index contributed by atoms with van der Waals surface area (Å²) in [4.78, 5) is 7.71. The maximum atomic E-state index is 5.53. The summed E-state index contributed by atoms with van der Waals surface area (Å²) < 4.78 is 11.0. The van der Waals surface area contributed by atoms with E-state index in [1.54, 1.807) is 0 Å². The molecule has 0 radical (unpaired) electrons. The van der Waals surface area contributed by atoms with Crippen LogP contribution in [0.3, 0.4) is 0 Å². The molecule has 1 N–H and O–H groups in total. The molecule has 0 bridgehead atoms. The molecule has 1 aliphatic heterocycles. The lowest BCUT2D eigenvalue weighted by Crippen LogP contribution is -1.85. The summed E-state index contributed by atoms with van der Waals surface area (Å²) in [6.07, 6.45) is 2.85. The van der Waals surface area contributed by atoms with Gasteiger partial charge in [0.05, 0.1) is 6.61 Å². The second-order valence-electron chi connectivity index (χ2n) is 5.62. The van der Waals surface area contributed by atoms with Gasteiger partial charge in [0.25, 0.3) is 5.89 Å². The van der Waals surface area contributed by atoms with Gasteiger partial charge < -0.3 is 14.2 Å². The van der Waals surface area contributed by atoms with Crippen molar-refractivity contribution in [3.8, 4) is 28.6 Å². The molecule has 0 unspecified atom stereocenters. The summed E-state index contributed by atoms with van der Waals surface area (Å²) >= 11 is 0. The highest BCUT2D eigenvalue weighted by molar-refractivity contribution is 5.83. The summed E-state index contributed by atoms with van der Waals surface area (Å²) in [7, 11) is 0. The molecule has 0 fully saturated rings. The van der Waals surface area contributed by atoms with E-state index in [4.69, 9.17) is 9.26 Å². The summed E-state index contributed by atoms with van der Waals surface area (Å²) in [5.41, 5.74) is 4.15. The minimum atomic E-state index is 0.528. The molecule has 5 heteroatoms. The highest BCUT2D eigenvalue weighted by Gasteiger charge is 2.16. The predicted molar refractivity (Wildman–Crippen MR) is 86.2 cm³/mol. The summed E-state index contributed by atoms with van der Waals surface area (Å²) in [6.45, 7) is 0.743. The number of aromatic nitrogens is 3. The second kappa shape index (κ2) is 4.71. The number of aromatic amines is 1. The third-order valence-electron chi connectivity index (χ3n) is 4.17. The number of ether oxygens (including phenoxy) is 1. The molecular formula is C18H13N3O2. The van der Waals surface area contributed by atoms with Crippen LogP contribution in [0.2, 0.25) is 0 Å². The standard InChI is InChI=1S/C18H13N3O2/c1-3-15-11(5-7-19-15)9-14(1)18-20-17(21-23-18)13-2-4-16-12(10-13)6-8-22-16/h1-5,7,9-10,19H,6,8H2. The summed E-state index contributed by atoms with van der Waals surface area (Å²) in [6, 6.07) is 14.1. The molecule has 0 saturated heterocycles. The van der Waals surface area contributed by atoms with Crippen LogP contribution in [0.4, 0.5) is 0 Å². The van der Waals surface area contributed by atoms with Gasteiger partial charge in [-0.3, -0.25) is 0 Å². The minimum absolute atomic E-state index is 0.528. The Morgan fingerprint density at radius 3 is 2.96 bits per heavy atom. The van der Waals surface area contributed by atoms with E-state index in [0.717, 1.165) is 40.8 Å². The van der Waals surface area contributed by atoms with Crippen LogP contribution in [0.1, 0.15) is 5.56 Å². The Morgan fingerprint density at radius 1 is 1.00 bits per heavy atom. The smallest absolute Gasteiger partial charge is 0.258 e. The molecule has 5 rings (SSSR count). The molecule has 3 heterocycles. The fraction of sp³-hybridized carbons (Fsp3) is 0.111. The van der Waals surface area contributed by atoms with Crippen LogP contribution in [0.5, 0.6) is 5.75 Å². The molecule has 112 valence electrons. The molecule has 0 aliphatic carbocycles. The summed E-state index contributed by atoms with van der Waals surface area (Å²) in [5.74, 6) is 2.08. The van der Waals surface area contributed by atoms with Crippen molar-refractivity contribution in [3.63, 3.8) is 0 Å². The molecule has 23 heavy (non-hydrogen) atoms. The van der Waals surface area contributed by atoms with Gasteiger partial charge in [-0.05, 0) is 48.0 Å². The van der Waals surface area contributed by atoms with Crippen LogP contribution in [-0.4, -0.2) is 21.7 Å². The molecule has 0 atom stereocenters. The van der Waals surface area contributed by atoms with E-state index < -0.39 is 0 Å². The van der Waals surface area contributed by atoms with Gasteiger partial charge in [-0.25, -0.2) is 0 Å². The van der Waals surface area contributed by atoms with Gasteiger partial charge in [0.2, 0.25) is 5.82 Å². The minimum Gasteiger partial charge on any atom is -0.493 e. The molecule has 0 spiro atoms. The number of nitrogens with one attached hydrogen (secondary N) is 1. The van der Waals surface area contributed by atoms with Gasteiger partial charge >= 0.3 is 0 Å². The van der Waals surface area contributed by atoms with E-state index >= 15 is 0 Å². The van der Waals surface area contributed by atoms with E-state index in [1.807, 2.05) is 42.6 Å². The number of benzene rings is 2. The van der Waals surface area contributed by atoms with Crippen molar-refractivity contribution < 1.29 is 9.26 Å².